The van der Waals surface area contributed by atoms with E-state index in [0.717, 1.165) is 0 Å². The van der Waals surface area contributed by atoms with Crippen molar-refractivity contribution in [3.63, 3.8) is 0 Å². The van der Waals surface area contributed by atoms with Crippen LogP contribution in [-0.2, 0) is 0 Å². The van der Waals surface area contributed by atoms with Gasteiger partial charge in [-0.2, -0.15) is 0 Å². The van der Waals surface area contributed by atoms with Crippen molar-refractivity contribution in [2.75, 3.05) is 0 Å². The lowest BCUT2D eigenvalue weighted by molar-refractivity contribution is -0.337. The highest BCUT2D eigenvalue weighted by atomic mass is 19.4. The number of hydrogen-bond acceptors (Lipinski definition) is 2. The first-order chi connectivity index (χ1) is 6.00. The minimum atomic E-state index is -1.76. The van der Waals surface area contributed by atoms with E-state index in [9.17, 15) is 22.1 Å². The number of rotatable bonds is 2. The molecule has 0 saturated heterocycles. The second kappa shape index (κ2) is 3.56. The van der Waals surface area contributed by atoms with Crippen molar-refractivity contribution < 1.29 is 27.0 Å². The number of halogens is 5. The Kier molecular flexibility index (Phi) is 2.66. The number of hydrogen-bond donors (Lipinski definition) is 0. The van der Waals surface area contributed by atoms with Crippen molar-refractivity contribution in [2.24, 2.45) is 0 Å². The first-order valence-corrected chi connectivity index (χ1v) is 2.95. The van der Waals surface area contributed by atoms with Crippen LogP contribution < -0.4 is 4.84 Å². The van der Waals surface area contributed by atoms with Crippen molar-refractivity contribution in [2.45, 2.75) is 0 Å². The molecular weight excluding hydrogens is 197 g/mol. The van der Waals surface area contributed by atoms with Gasteiger partial charge in [0, 0.05) is 12.1 Å². The molecule has 0 saturated carbocycles. The minimum absolute atomic E-state index is 0.296. The maximum atomic E-state index is 12.3. The summed E-state index contributed by atoms with van der Waals surface area (Å²) in [6.07, 6.45) is 0. The molecule has 0 spiro atoms. The predicted octanol–water partition coefficient (Wildman–Crippen LogP) is 2.47. The zero-order chi connectivity index (χ0) is 10.0. The molecule has 1 aromatic rings. The van der Waals surface area contributed by atoms with Gasteiger partial charge in [-0.15, -0.1) is 0 Å². The van der Waals surface area contributed by atoms with E-state index >= 15 is 0 Å². The molecule has 0 fully saturated rings. The summed E-state index contributed by atoms with van der Waals surface area (Å²) in [7, 11) is 0. The van der Waals surface area contributed by atoms with Gasteiger partial charge in [-0.25, -0.2) is 13.2 Å². The van der Waals surface area contributed by atoms with Crippen LogP contribution in [-0.4, -0.2) is 5.51 Å². The largest absolute Gasteiger partial charge is 0.350 e. The fourth-order valence-corrected chi connectivity index (χ4v) is 0.665. The van der Waals surface area contributed by atoms with E-state index in [0.29, 0.717) is 12.1 Å². The molecule has 2 nitrogen and oxygen atoms in total. The van der Waals surface area contributed by atoms with Gasteiger partial charge >= 0.3 is 0 Å². The monoisotopic (exact) mass is 199 g/mol. The Labute approximate surface area is 69.0 Å². The Bertz CT molecular complexity index is 293. The van der Waals surface area contributed by atoms with Gasteiger partial charge in [0.15, 0.2) is 23.2 Å². The molecule has 0 bridgehead atoms. The Balaban J connectivity index is 2.99. The summed E-state index contributed by atoms with van der Waals surface area (Å²) in [6.45, 7) is 0. The topological polar surface area (TPSA) is 12.5 Å². The fourth-order valence-electron chi connectivity index (χ4n) is 0.665. The highest BCUT2D eigenvalue weighted by molar-refractivity contribution is 5.24. The molecule has 0 atom stereocenters. The van der Waals surface area contributed by atoms with Gasteiger partial charge in [-0.3, -0.25) is 0 Å². The third-order valence-corrected chi connectivity index (χ3v) is 1.13. The SMILES string of the molecule is Fc1cc(ON(F)F)cc(F)c1F. The molecule has 0 unspecified atom stereocenters. The van der Waals surface area contributed by atoms with Gasteiger partial charge < -0.3 is 4.84 Å². The van der Waals surface area contributed by atoms with Crippen molar-refractivity contribution in [1.82, 2.24) is 5.51 Å². The van der Waals surface area contributed by atoms with E-state index in [1.54, 1.807) is 0 Å². The summed E-state index contributed by atoms with van der Waals surface area (Å²) >= 11 is 0. The summed E-state index contributed by atoms with van der Waals surface area (Å²) in [5.41, 5.74) is -1.76. The Hall–Kier alpha value is -1.37. The van der Waals surface area contributed by atoms with Crippen LogP contribution in [0.15, 0.2) is 12.1 Å². The zero-order valence-electron chi connectivity index (χ0n) is 5.90. The second-order valence-corrected chi connectivity index (χ2v) is 1.99. The number of nitrogens with zero attached hydrogens (tertiary/aromatic N) is 1. The molecule has 0 aliphatic rings. The smallest absolute Gasteiger partial charge is 0.210 e. The summed E-state index contributed by atoms with van der Waals surface area (Å²) in [5, 5.41) is 0. The maximum absolute atomic E-state index is 12.3. The van der Waals surface area contributed by atoms with Crippen LogP contribution in [0.3, 0.4) is 0 Å². The Morgan fingerprint density at radius 1 is 1.00 bits per heavy atom. The highest BCUT2D eigenvalue weighted by Crippen LogP contribution is 2.20. The molecular formula is C6H2F5NO. The minimum Gasteiger partial charge on any atom is -0.350 e. The fraction of sp³-hybridized carbons (Fsp3) is 0. The standard InChI is InChI=1S/C6H2F5NO/c7-4-1-3(13-12(10)11)2-5(8)6(4)9/h1-2H. The molecule has 13 heavy (non-hydrogen) atoms. The molecule has 72 valence electrons. The average molecular weight is 199 g/mol. The van der Waals surface area contributed by atoms with Gasteiger partial charge in [0.05, 0.1) is 0 Å². The van der Waals surface area contributed by atoms with Crippen molar-refractivity contribution >= 4 is 0 Å². The van der Waals surface area contributed by atoms with E-state index in [4.69, 9.17) is 0 Å². The van der Waals surface area contributed by atoms with Crippen LogP contribution in [0, 0.1) is 17.5 Å². The van der Waals surface area contributed by atoms with Crippen LogP contribution in [0.4, 0.5) is 22.1 Å². The van der Waals surface area contributed by atoms with Gasteiger partial charge in [0.25, 0.3) is 0 Å². The third-order valence-electron chi connectivity index (χ3n) is 1.13. The van der Waals surface area contributed by atoms with E-state index in [-0.39, 0.29) is 0 Å². The van der Waals surface area contributed by atoms with Crippen molar-refractivity contribution in [1.29, 1.82) is 0 Å². The summed E-state index contributed by atoms with van der Waals surface area (Å²) < 4.78 is 59.6. The second-order valence-electron chi connectivity index (χ2n) is 1.99. The first-order valence-electron chi connectivity index (χ1n) is 2.95. The average Bonchev–Trinajstić information content (AvgIpc) is 1.98. The molecule has 0 aliphatic heterocycles. The van der Waals surface area contributed by atoms with Crippen LogP contribution in [0.5, 0.6) is 5.75 Å². The molecule has 0 heterocycles. The van der Waals surface area contributed by atoms with Crippen LogP contribution in [0.25, 0.3) is 0 Å². The van der Waals surface area contributed by atoms with E-state index < -0.39 is 28.7 Å². The molecule has 1 rings (SSSR count). The van der Waals surface area contributed by atoms with E-state index in [1.165, 1.54) is 0 Å². The molecule has 0 amide bonds. The molecule has 0 N–H and O–H groups in total. The predicted molar refractivity (Wildman–Crippen MR) is 31.0 cm³/mol. The lowest BCUT2D eigenvalue weighted by Gasteiger charge is -2.03. The van der Waals surface area contributed by atoms with Crippen LogP contribution in [0.2, 0.25) is 0 Å². The third kappa shape index (κ3) is 2.28. The van der Waals surface area contributed by atoms with Gasteiger partial charge in [0.1, 0.15) is 0 Å². The highest BCUT2D eigenvalue weighted by Gasteiger charge is 2.13. The van der Waals surface area contributed by atoms with Gasteiger partial charge in [0.2, 0.25) is 5.51 Å². The normalized spacial score (nSPS) is 10.6. The van der Waals surface area contributed by atoms with E-state index in [2.05, 4.69) is 4.84 Å². The zero-order valence-corrected chi connectivity index (χ0v) is 5.90. The molecule has 1 aromatic carbocycles. The van der Waals surface area contributed by atoms with Crippen LogP contribution >= 0.6 is 0 Å². The summed E-state index contributed by atoms with van der Waals surface area (Å²) in [6, 6.07) is 0.592. The van der Waals surface area contributed by atoms with Crippen LogP contribution in [0.1, 0.15) is 0 Å². The van der Waals surface area contributed by atoms with Gasteiger partial charge in [-0.05, 0) is 0 Å². The van der Waals surface area contributed by atoms with E-state index in [1.807, 2.05) is 0 Å². The lowest BCUT2D eigenvalue weighted by Crippen LogP contribution is -2.07. The molecule has 0 radical (unpaired) electrons. The Morgan fingerprint density at radius 2 is 1.46 bits per heavy atom. The first kappa shape index (κ1) is 9.72. The number of benzene rings is 1. The summed E-state index contributed by atoms with van der Waals surface area (Å²) in [5.74, 6) is -5.77. The molecule has 7 heteroatoms. The quantitative estimate of drug-likeness (QED) is 0.314. The van der Waals surface area contributed by atoms with Crippen molar-refractivity contribution in [3.8, 4) is 5.75 Å². The lowest BCUT2D eigenvalue weighted by atomic mass is 10.3. The molecule has 0 aromatic heterocycles. The van der Waals surface area contributed by atoms with Crippen molar-refractivity contribution in [3.05, 3.63) is 29.6 Å². The summed E-state index contributed by atoms with van der Waals surface area (Å²) in [4.78, 5) is 3.48. The maximum Gasteiger partial charge on any atom is 0.210 e. The Morgan fingerprint density at radius 3 is 1.85 bits per heavy atom. The van der Waals surface area contributed by atoms with Gasteiger partial charge in [-0.1, -0.05) is 8.96 Å². The molecule has 0 aliphatic carbocycles.